The number of carboxylic acid groups (broad SMARTS) is 1. The van der Waals surface area contributed by atoms with E-state index < -0.39 is 5.97 Å². The third kappa shape index (κ3) is 3.36. The van der Waals surface area contributed by atoms with Gasteiger partial charge in [0.25, 0.3) is 0 Å². The van der Waals surface area contributed by atoms with Crippen LogP contribution in [0.1, 0.15) is 6.99 Å². The maximum Gasteiger partial charge on any atom is 1.00 e. The van der Waals surface area contributed by atoms with Crippen molar-refractivity contribution in [1.82, 2.24) is 19.7 Å². The number of benzene rings is 2. The number of hydrogen-bond donors (Lipinski definition) is 2. The first-order valence-electron chi connectivity index (χ1n) is 7.48. The van der Waals surface area contributed by atoms with Gasteiger partial charge in [0.15, 0.2) is 0 Å². The van der Waals surface area contributed by atoms with Crippen molar-refractivity contribution in [2.75, 3.05) is 0 Å². The van der Waals surface area contributed by atoms with Crippen molar-refractivity contribution in [3.05, 3.63) is 66.7 Å². The van der Waals surface area contributed by atoms with Crippen molar-refractivity contribution >= 4 is 17.0 Å². The van der Waals surface area contributed by atoms with E-state index >= 15 is 0 Å². The third-order valence-electron chi connectivity index (χ3n) is 3.95. The third-order valence-corrected chi connectivity index (χ3v) is 3.95. The summed E-state index contributed by atoms with van der Waals surface area (Å²) in [7, 11) is 0. The van der Waals surface area contributed by atoms with E-state index in [4.69, 9.17) is 5.11 Å². The van der Waals surface area contributed by atoms with Crippen molar-refractivity contribution in [3.63, 3.8) is 0 Å². The Labute approximate surface area is 157 Å². The minimum atomic E-state index is -0.831. The number of hydrogen-bond acceptors (Lipinski definition) is 3. The van der Waals surface area contributed by atoms with Gasteiger partial charge in [-0.25, -0.2) is 4.98 Å². The first-order valence-corrected chi connectivity index (χ1v) is 7.48. The number of fused-ring (bicyclic) bond motifs is 1. The number of aromatic nitrogens is 4. The van der Waals surface area contributed by atoms with Gasteiger partial charge >= 0.3 is 24.8 Å². The summed E-state index contributed by atoms with van der Waals surface area (Å²) >= 11 is 0. The van der Waals surface area contributed by atoms with Crippen LogP contribution in [0.15, 0.2) is 61.2 Å². The van der Waals surface area contributed by atoms with Crippen LogP contribution in [0.3, 0.4) is 0 Å². The van der Waals surface area contributed by atoms with Gasteiger partial charge in [-0.05, 0) is 35.4 Å². The summed E-state index contributed by atoms with van der Waals surface area (Å²) < 4.78 is 1.99. The van der Waals surface area contributed by atoms with Crippen molar-refractivity contribution < 1.29 is 30.2 Å². The molecule has 0 aliphatic heterocycles. The molecule has 0 bridgehead atoms. The van der Waals surface area contributed by atoms with Gasteiger partial charge in [0, 0.05) is 17.4 Å². The Kier molecular flexibility index (Phi) is 4.75. The van der Waals surface area contributed by atoms with Crippen LogP contribution < -0.4 is 18.9 Å². The number of nitrogens with one attached hydrogen (secondary N) is 1. The molecule has 0 saturated heterocycles. The van der Waals surface area contributed by atoms with Gasteiger partial charge in [0.1, 0.15) is 6.33 Å². The van der Waals surface area contributed by atoms with E-state index in [0.29, 0.717) is 0 Å². The van der Waals surface area contributed by atoms with Gasteiger partial charge in [-0.15, -0.1) is 0 Å². The molecule has 6 nitrogen and oxygen atoms in total. The zero-order chi connectivity index (χ0) is 16.5. The number of H-pyrrole nitrogens is 1. The fourth-order valence-electron chi connectivity index (χ4n) is 2.76. The van der Waals surface area contributed by atoms with Crippen LogP contribution in [0, 0.1) is 0 Å². The topological polar surface area (TPSA) is 83.8 Å². The van der Waals surface area contributed by atoms with Crippen LogP contribution in [0.4, 0.5) is 0 Å². The van der Waals surface area contributed by atoms with Crippen LogP contribution >= 0.6 is 0 Å². The molecule has 2 heterocycles. The molecule has 0 amide bonds. The summed E-state index contributed by atoms with van der Waals surface area (Å²) in [6.45, 7) is 0. The minimum Gasteiger partial charge on any atom is -1.00 e. The Hall–Kier alpha value is -2.81. The molecule has 0 atom stereocenters. The van der Waals surface area contributed by atoms with E-state index in [1.165, 1.54) is 0 Å². The summed E-state index contributed by atoms with van der Waals surface area (Å²) in [5, 5.41) is 15.6. The van der Waals surface area contributed by atoms with Gasteiger partial charge < -0.3 is 6.53 Å². The van der Waals surface area contributed by atoms with Gasteiger partial charge in [-0.2, -0.15) is 5.10 Å². The Morgan fingerprint density at radius 2 is 1.96 bits per heavy atom. The van der Waals surface area contributed by atoms with E-state index in [-0.39, 0.29) is 26.7 Å². The van der Waals surface area contributed by atoms with Crippen molar-refractivity contribution in [1.29, 1.82) is 0 Å². The first kappa shape index (κ1) is 17.0. The second kappa shape index (κ2) is 6.97. The predicted molar refractivity (Wildman–Crippen MR) is 91.1 cm³/mol. The average molecular weight is 326 g/mol. The van der Waals surface area contributed by atoms with Crippen LogP contribution in [0.5, 0.6) is 0 Å². The van der Waals surface area contributed by atoms with E-state index in [2.05, 4.69) is 15.2 Å². The fourth-order valence-corrected chi connectivity index (χ4v) is 2.76. The number of aliphatic carboxylic acids is 1. The number of rotatable bonds is 4. The van der Waals surface area contributed by atoms with Gasteiger partial charge in [0.05, 0.1) is 23.7 Å². The molecule has 0 aliphatic rings. The molecule has 0 saturated carbocycles. The summed E-state index contributed by atoms with van der Waals surface area (Å²) in [6, 6.07) is 13.5. The Morgan fingerprint density at radius 1 is 1.16 bits per heavy atom. The Morgan fingerprint density at radius 3 is 2.64 bits per heavy atom. The molecule has 120 valence electrons. The standard InChI is InChI=1S/C18H14N4O2.Li.H/c23-18(24)7-12-1-4-15(5-2-12)22-11-19-16-8-13(3-6-17(16)22)14-9-20-21-10-14;;/h1-6,8-11H,7H2,(H,20,21)(H,23,24);;/q;+1;-1. The maximum atomic E-state index is 10.8. The Balaban J connectivity index is 0.00000121. The zero-order valence-electron chi connectivity index (χ0n) is 14.7. The molecule has 0 radical (unpaired) electrons. The molecule has 2 aromatic carbocycles. The molecule has 0 unspecified atom stereocenters. The van der Waals surface area contributed by atoms with Crippen molar-refractivity contribution in [3.8, 4) is 16.8 Å². The SMILES string of the molecule is O=C(O)Cc1ccc(-n2cnc3cc(-c4cn[nH]c4)ccc32)cc1.[H-].[Li+]. The quantitative estimate of drug-likeness (QED) is 0.523. The number of nitrogens with zero attached hydrogens (tertiary/aromatic N) is 3. The molecule has 0 spiro atoms. The molecule has 0 aliphatic carbocycles. The normalized spacial score (nSPS) is 10.6. The molecule has 2 N–H and O–H groups in total. The monoisotopic (exact) mass is 326 g/mol. The van der Waals surface area contributed by atoms with E-state index in [9.17, 15) is 4.79 Å². The summed E-state index contributed by atoms with van der Waals surface area (Å²) in [5.41, 5.74) is 5.68. The van der Waals surface area contributed by atoms with Crippen LogP contribution in [0.2, 0.25) is 0 Å². The Bertz CT molecular complexity index is 1010. The number of imidazole rings is 1. The second-order valence-corrected chi connectivity index (χ2v) is 5.54. The van der Waals surface area contributed by atoms with E-state index in [0.717, 1.165) is 33.4 Å². The van der Waals surface area contributed by atoms with Crippen molar-refractivity contribution in [2.45, 2.75) is 6.42 Å². The molecular formula is C18H15LiN4O2. The first-order chi connectivity index (χ1) is 11.7. The number of aromatic amines is 1. The van der Waals surface area contributed by atoms with Crippen molar-refractivity contribution in [2.24, 2.45) is 0 Å². The number of carboxylic acids is 1. The molecule has 4 aromatic rings. The average Bonchev–Trinajstić information content (AvgIpc) is 3.24. The molecule has 7 heteroatoms. The van der Waals surface area contributed by atoms with E-state index in [1.54, 1.807) is 12.5 Å². The van der Waals surface area contributed by atoms with Gasteiger partial charge in [-0.3, -0.25) is 14.5 Å². The van der Waals surface area contributed by atoms with Crippen LogP contribution in [-0.4, -0.2) is 30.8 Å². The fraction of sp³-hybridized carbons (Fsp3) is 0.0556. The number of carbonyl (C=O) groups is 1. The van der Waals surface area contributed by atoms with Gasteiger partial charge in [-0.1, -0.05) is 18.2 Å². The molecule has 2 aromatic heterocycles. The zero-order valence-corrected chi connectivity index (χ0v) is 13.7. The maximum absolute atomic E-state index is 10.8. The van der Waals surface area contributed by atoms with Crippen LogP contribution in [-0.2, 0) is 11.2 Å². The molecule has 25 heavy (non-hydrogen) atoms. The molecular weight excluding hydrogens is 311 g/mol. The largest absolute Gasteiger partial charge is 1.00 e. The summed E-state index contributed by atoms with van der Waals surface area (Å²) in [5.74, 6) is -0.831. The van der Waals surface area contributed by atoms with E-state index in [1.807, 2.05) is 53.2 Å². The van der Waals surface area contributed by atoms with Gasteiger partial charge in [0.2, 0.25) is 0 Å². The summed E-state index contributed by atoms with van der Waals surface area (Å²) in [6.07, 6.45) is 5.42. The minimum absolute atomic E-state index is 0. The molecule has 4 rings (SSSR count). The molecule has 0 fully saturated rings. The predicted octanol–water partition coefficient (Wildman–Crippen LogP) is 0.159. The smallest absolute Gasteiger partial charge is 1.00 e. The second-order valence-electron chi connectivity index (χ2n) is 5.54. The summed E-state index contributed by atoms with van der Waals surface area (Å²) in [4.78, 5) is 15.2. The van der Waals surface area contributed by atoms with Crippen LogP contribution in [0.25, 0.3) is 27.8 Å².